The van der Waals surface area contributed by atoms with E-state index in [1.807, 2.05) is 12.3 Å². The van der Waals surface area contributed by atoms with E-state index in [9.17, 15) is 0 Å². The topological polar surface area (TPSA) is 54.2 Å². The van der Waals surface area contributed by atoms with E-state index in [2.05, 4.69) is 28.2 Å². The molecule has 2 heterocycles. The number of aryl methyl sites for hydroxylation is 1. The number of piperazine rings is 1. The first kappa shape index (κ1) is 11.5. The normalized spacial score (nSPS) is 22.2. The average Bonchev–Trinajstić information content (AvgIpc) is 2.33. The molecule has 16 heavy (non-hydrogen) atoms. The van der Waals surface area contributed by atoms with Crippen LogP contribution in [-0.2, 0) is 6.54 Å². The van der Waals surface area contributed by atoms with E-state index in [4.69, 9.17) is 5.73 Å². The molecule has 2 rings (SSSR count). The standard InChI is InChI=1S/C12H20N4/c1-10-3-2-4-15-12(10)9-16-6-5-14-8-11(16)7-13/h2-4,11,14H,5-9,13H2,1H3. The van der Waals surface area contributed by atoms with Gasteiger partial charge in [0.2, 0.25) is 0 Å². The summed E-state index contributed by atoms with van der Waals surface area (Å²) in [5.74, 6) is 0. The van der Waals surface area contributed by atoms with Crippen molar-refractivity contribution in [2.75, 3.05) is 26.2 Å². The molecule has 1 unspecified atom stereocenters. The molecule has 4 nitrogen and oxygen atoms in total. The Bertz CT molecular complexity index is 340. The van der Waals surface area contributed by atoms with Gasteiger partial charge in [-0.05, 0) is 18.6 Å². The van der Waals surface area contributed by atoms with Crippen LogP contribution in [0, 0.1) is 6.92 Å². The molecule has 88 valence electrons. The minimum Gasteiger partial charge on any atom is -0.329 e. The van der Waals surface area contributed by atoms with E-state index >= 15 is 0 Å². The fourth-order valence-corrected chi connectivity index (χ4v) is 2.12. The van der Waals surface area contributed by atoms with Gasteiger partial charge in [-0.2, -0.15) is 0 Å². The summed E-state index contributed by atoms with van der Waals surface area (Å²) < 4.78 is 0. The average molecular weight is 220 g/mol. The lowest BCUT2D eigenvalue weighted by molar-refractivity contribution is 0.155. The van der Waals surface area contributed by atoms with Gasteiger partial charge in [0, 0.05) is 45.0 Å². The molecule has 1 saturated heterocycles. The van der Waals surface area contributed by atoms with E-state index in [0.29, 0.717) is 12.6 Å². The molecule has 0 spiro atoms. The first-order valence-corrected chi connectivity index (χ1v) is 5.86. The van der Waals surface area contributed by atoms with E-state index < -0.39 is 0 Å². The summed E-state index contributed by atoms with van der Waals surface area (Å²) in [4.78, 5) is 6.86. The van der Waals surface area contributed by atoms with E-state index in [1.165, 1.54) is 11.3 Å². The lowest BCUT2D eigenvalue weighted by Gasteiger charge is -2.35. The quantitative estimate of drug-likeness (QED) is 0.760. The molecule has 0 saturated carbocycles. The second-order valence-corrected chi connectivity index (χ2v) is 4.33. The maximum absolute atomic E-state index is 5.78. The largest absolute Gasteiger partial charge is 0.329 e. The van der Waals surface area contributed by atoms with Gasteiger partial charge in [-0.15, -0.1) is 0 Å². The smallest absolute Gasteiger partial charge is 0.0573 e. The molecule has 4 heteroatoms. The number of nitrogens with zero attached hydrogens (tertiary/aromatic N) is 2. The summed E-state index contributed by atoms with van der Waals surface area (Å²) in [7, 11) is 0. The molecule has 1 aliphatic heterocycles. The number of nitrogens with two attached hydrogens (primary N) is 1. The van der Waals surface area contributed by atoms with E-state index in [0.717, 1.165) is 26.2 Å². The molecule has 1 aliphatic rings. The Hall–Kier alpha value is -0.970. The van der Waals surface area contributed by atoms with Gasteiger partial charge in [-0.3, -0.25) is 9.88 Å². The maximum Gasteiger partial charge on any atom is 0.0573 e. The highest BCUT2D eigenvalue weighted by Crippen LogP contribution is 2.11. The van der Waals surface area contributed by atoms with Crippen LogP contribution in [-0.4, -0.2) is 42.1 Å². The number of hydrogen-bond donors (Lipinski definition) is 2. The highest BCUT2D eigenvalue weighted by atomic mass is 15.2. The van der Waals surface area contributed by atoms with Gasteiger partial charge < -0.3 is 11.1 Å². The first-order chi connectivity index (χ1) is 7.81. The second-order valence-electron chi connectivity index (χ2n) is 4.33. The van der Waals surface area contributed by atoms with Crippen molar-refractivity contribution in [3.05, 3.63) is 29.6 Å². The minimum atomic E-state index is 0.440. The van der Waals surface area contributed by atoms with Crippen LogP contribution in [0.5, 0.6) is 0 Å². The van der Waals surface area contributed by atoms with Crippen LogP contribution in [0.15, 0.2) is 18.3 Å². The number of pyridine rings is 1. The molecule has 0 aromatic carbocycles. The zero-order chi connectivity index (χ0) is 11.4. The fraction of sp³-hybridized carbons (Fsp3) is 0.583. The fourth-order valence-electron chi connectivity index (χ4n) is 2.12. The Labute approximate surface area is 96.8 Å². The van der Waals surface area contributed by atoms with E-state index in [1.54, 1.807) is 0 Å². The Morgan fingerprint density at radius 2 is 2.50 bits per heavy atom. The van der Waals surface area contributed by atoms with Crippen LogP contribution >= 0.6 is 0 Å². The molecular formula is C12H20N4. The Morgan fingerprint density at radius 3 is 3.25 bits per heavy atom. The number of nitrogens with one attached hydrogen (secondary N) is 1. The predicted molar refractivity (Wildman–Crippen MR) is 65.1 cm³/mol. The molecule has 1 aromatic rings. The maximum atomic E-state index is 5.78. The first-order valence-electron chi connectivity index (χ1n) is 5.86. The minimum absolute atomic E-state index is 0.440. The van der Waals surface area contributed by atoms with Gasteiger partial charge in [-0.1, -0.05) is 6.07 Å². The Balaban J connectivity index is 2.05. The molecule has 1 aromatic heterocycles. The second kappa shape index (κ2) is 5.39. The monoisotopic (exact) mass is 220 g/mol. The zero-order valence-electron chi connectivity index (χ0n) is 9.82. The third-order valence-corrected chi connectivity index (χ3v) is 3.21. The zero-order valence-corrected chi connectivity index (χ0v) is 9.82. The van der Waals surface area contributed by atoms with Gasteiger partial charge in [0.1, 0.15) is 0 Å². The van der Waals surface area contributed by atoms with Crippen LogP contribution in [0.3, 0.4) is 0 Å². The van der Waals surface area contributed by atoms with Crippen molar-refractivity contribution in [2.45, 2.75) is 19.5 Å². The lowest BCUT2D eigenvalue weighted by atomic mass is 10.1. The van der Waals surface area contributed by atoms with Crippen molar-refractivity contribution in [1.29, 1.82) is 0 Å². The highest BCUT2D eigenvalue weighted by molar-refractivity contribution is 5.17. The summed E-state index contributed by atoms with van der Waals surface area (Å²) in [6.45, 7) is 6.82. The van der Waals surface area contributed by atoms with Crippen LogP contribution in [0.1, 0.15) is 11.3 Å². The summed E-state index contributed by atoms with van der Waals surface area (Å²) in [5, 5.41) is 3.37. The number of rotatable bonds is 3. The van der Waals surface area contributed by atoms with Gasteiger partial charge in [0.25, 0.3) is 0 Å². The molecule has 3 N–H and O–H groups in total. The van der Waals surface area contributed by atoms with Gasteiger partial charge in [0.05, 0.1) is 5.69 Å². The van der Waals surface area contributed by atoms with Gasteiger partial charge >= 0.3 is 0 Å². The Morgan fingerprint density at radius 1 is 1.62 bits per heavy atom. The summed E-state index contributed by atoms with van der Waals surface area (Å²) >= 11 is 0. The molecule has 1 fully saturated rings. The third-order valence-electron chi connectivity index (χ3n) is 3.21. The highest BCUT2D eigenvalue weighted by Gasteiger charge is 2.21. The summed E-state index contributed by atoms with van der Waals surface area (Å²) in [6, 6.07) is 4.54. The summed E-state index contributed by atoms with van der Waals surface area (Å²) in [6.07, 6.45) is 1.86. The van der Waals surface area contributed by atoms with Crippen molar-refractivity contribution in [2.24, 2.45) is 5.73 Å². The number of hydrogen-bond acceptors (Lipinski definition) is 4. The number of aromatic nitrogens is 1. The van der Waals surface area contributed by atoms with E-state index in [-0.39, 0.29) is 0 Å². The molecule has 0 radical (unpaired) electrons. The van der Waals surface area contributed by atoms with Crippen LogP contribution in [0.25, 0.3) is 0 Å². The van der Waals surface area contributed by atoms with Crippen LogP contribution in [0.4, 0.5) is 0 Å². The van der Waals surface area contributed by atoms with Crippen molar-refractivity contribution >= 4 is 0 Å². The molecule has 0 amide bonds. The third kappa shape index (κ3) is 2.58. The Kier molecular flexibility index (Phi) is 3.88. The van der Waals surface area contributed by atoms with Gasteiger partial charge in [0.15, 0.2) is 0 Å². The molecule has 0 bridgehead atoms. The van der Waals surface area contributed by atoms with Crippen molar-refractivity contribution in [1.82, 2.24) is 15.2 Å². The molecule has 1 atom stereocenters. The van der Waals surface area contributed by atoms with Gasteiger partial charge in [-0.25, -0.2) is 0 Å². The van der Waals surface area contributed by atoms with Crippen molar-refractivity contribution < 1.29 is 0 Å². The summed E-state index contributed by atoms with van der Waals surface area (Å²) in [5.41, 5.74) is 8.21. The predicted octanol–water partition coefficient (Wildman–Crippen LogP) is 0.123. The van der Waals surface area contributed by atoms with Crippen LogP contribution < -0.4 is 11.1 Å². The lowest BCUT2D eigenvalue weighted by Crippen LogP contribution is -2.53. The van der Waals surface area contributed by atoms with Crippen LogP contribution in [0.2, 0.25) is 0 Å². The molecular weight excluding hydrogens is 200 g/mol. The van der Waals surface area contributed by atoms with Crippen molar-refractivity contribution in [3.63, 3.8) is 0 Å². The SMILES string of the molecule is Cc1cccnc1CN1CCNCC1CN. The molecule has 0 aliphatic carbocycles. The van der Waals surface area contributed by atoms with Crippen molar-refractivity contribution in [3.8, 4) is 0 Å².